The molecule has 0 saturated carbocycles. The highest BCUT2D eigenvalue weighted by atomic mass is 16.5. The fourth-order valence-corrected chi connectivity index (χ4v) is 2.11. The SMILES string of the molecule is COC(=O)CCCCCN(C)CC(=O)NCc1ccccc1. The molecule has 1 N–H and O–H groups in total. The van der Waals surface area contributed by atoms with Gasteiger partial charge >= 0.3 is 5.97 Å². The molecular formula is C17H26N2O3. The molecule has 0 saturated heterocycles. The average Bonchev–Trinajstić information content (AvgIpc) is 2.53. The molecule has 22 heavy (non-hydrogen) atoms. The van der Waals surface area contributed by atoms with Crippen molar-refractivity contribution in [2.75, 3.05) is 27.2 Å². The first-order valence-electron chi connectivity index (χ1n) is 7.68. The second-order valence-corrected chi connectivity index (χ2v) is 5.39. The van der Waals surface area contributed by atoms with Crippen molar-refractivity contribution >= 4 is 11.9 Å². The van der Waals surface area contributed by atoms with E-state index in [0.717, 1.165) is 31.4 Å². The Morgan fingerprint density at radius 3 is 2.55 bits per heavy atom. The van der Waals surface area contributed by atoms with Crippen LogP contribution < -0.4 is 5.32 Å². The monoisotopic (exact) mass is 306 g/mol. The summed E-state index contributed by atoms with van der Waals surface area (Å²) in [6, 6.07) is 9.86. The number of carbonyl (C=O) groups excluding carboxylic acids is 2. The van der Waals surface area contributed by atoms with Crippen LogP contribution in [0.2, 0.25) is 0 Å². The lowest BCUT2D eigenvalue weighted by molar-refractivity contribution is -0.140. The smallest absolute Gasteiger partial charge is 0.305 e. The minimum absolute atomic E-state index is 0.0286. The van der Waals surface area contributed by atoms with Crippen LogP contribution in [-0.4, -0.2) is 44.0 Å². The lowest BCUT2D eigenvalue weighted by Crippen LogP contribution is -2.35. The van der Waals surface area contributed by atoms with Gasteiger partial charge in [-0.1, -0.05) is 36.8 Å². The molecule has 0 atom stereocenters. The van der Waals surface area contributed by atoms with E-state index in [9.17, 15) is 9.59 Å². The summed E-state index contributed by atoms with van der Waals surface area (Å²) in [6.07, 6.45) is 3.24. The van der Waals surface area contributed by atoms with Crippen molar-refractivity contribution in [1.82, 2.24) is 10.2 Å². The van der Waals surface area contributed by atoms with Gasteiger partial charge in [-0.3, -0.25) is 14.5 Å². The van der Waals surface area contributed by atoms with Crippen molar-refractivity contribution in [3.8, 4) is 0 Å². The van der Waals surface area contributed by atoms with Crippen molar-refractivity contribution < 1.29 is 14.3 Å². The largest absolute Gasteiger partial charge is 0.469 e. The van der Waals surface area contributed by atoms with Gasteiger partial charge in [0.25, 0.3) is 0 Å². The van der Waals surface area contributed by atoms with E-state index in [-0.39, 0.29) is 11.9 Å². The topological polar surface area (TPSA) is 58.6 Å². The van der Waals surface area contributed by atoms with Crippen LogP contribution in [0.5, 0.6) is 0 Å². The van der Waals surface area contributed by atoms with Crippen molar-refractivity contribution in [2.45, 2.75) is 32.2 Å². The maximum absolute atomic E-state index is 11.8. The van der Waals surface area contributed by atoms with Crippen LogP contribution in [0, 0.1) is 0 Å². The number of unbranched alkanes of at least 4 members (excludes halogenated alkanes) is 2. The minimum Gasteiger partial charge on any atom is -0.469 e. The Hall–Kier alpha value is -1.88. The zero-order valence-corrected chi connectivity index (χ0v) is 13.5. The van der Waals surface area contributed by atoms with E-state index >= 15 is 0 Å². The molecule has 0 bridgehead atoms. The molecule has 1 aromatic carbocycles. The Bertz CT molecular complexity index is 448. The molecule has 122 valence electrons. The molecule has 0 unspecified atom stereocenters. The zero-order chi connectivity index (χ0) is 16.2. The van der Waals surface area contributed by atoms with Gasteiger partial charge in [-0.15, -0.1) is 0 Å². The zero-order valence-electron chi connectivity index (χ0n) is 13.5. The summed E-state index contributed by atoms with van der Waals surface area (Å²) < 4.78 is 4.59. The number of benzene rings is 1. The van der Waals surface area contributed by atoms with Gasteiger partial charge in [-0.25, -0.2) is 0 Å². The summed E-state index contributed by atoms with van der Waals surface area (Å²) in [6.45, 7) is 1.80. The highest BCUT2D eigenvalue weighted by molar-refractivity contribution is 5.77. The first-order valence-corrected chi connectivity index (χ1v) is 7.68. The highest BCUT2D eigenvalue weighted by Crippen LogP contribution is 2.02. The fourth-order valence-electron chi connectivity index (χ4n) is 2.11. The molecule has 0 aliphatic rings. The van der Waals surface area contributed by atoms with E-state index in [1.54, 1.807) is 0 Å². The molecule has 5 heteroatoms. The molecule has 1 aromatic rings. The fraction of sp³-hybridized carbons (Fsp3) is 0.529. The van der Waals surface area contributed by atoms with E-state index in [1.807, 2.05) is 42.3 Å². The van der Waals surface area contributed by atoms with Crippen molar-refractivity contribution in [3.05, 3.63) is 35.9 Å². The number of rotatable bonds is 10. The molecule has 5 nitrogen and oxygen atoms in total. The molecule has 0 aromatic heterocycles. The number of carbonyl (C=O) groups is 2. The van der Waals surface area contributed by atoms with Gasteiger partial charge < -0.3 is 10.1 Å². The molecule has 1 rings (SSSR count). The Kier molecular flexibility index (Phi) is 8.91. The predicted molar refractivity (Wildman–Crippen MR) is 86.3 cm³/mol. The Labute approximate surface area is 132 Å². The first-order chi connectivity index (χ1) is 10.6. The third-order valence-corrected chi connectivity index (χ3v) is 3.39. The number of methoxy groups -OCH3 is 1. The van der Waals surface area contributed by atoms with Crippen molar-refractivity contribution in [1.29, 1.82) is 0 Å². The van der Waals surface area contributed by atoms with Crippen LogP contribution in [-0.2, 0) is 20.9 Å². The number of nitrogens with zero attached hydrogens (tertiary/aromatic N) is 1. The van der Waals surface area contributed by atoms with Gasteiger partial charge in [0.15, 0.2) is 0 Å². The molecule has 0 radical (unpaired) electrons. The first kappa shape index (κ1) is 18.2. The summed E-state index contributed by atoms with van der Waals surface area (Å²) in [5.74, 6) is -0.130. The number of likely N-dealkylation sites (N-methyl/N-ethyl adjacent to an activating group) is 1. The van der Waals surface area contributed by atoms with E-state index < -0.39 is 0 Å². The second-order valence-electron chi connectivity index (χ2n) is 5.39. The Morgan fingerprint density at radius 2 is 1.86 bits per heavy atom. The van der Waals surface area contributed by atoms with Crippen LogP contribution in [0.25, 0.3) is 0 Å². The van der Waals surface area contributed by atoms with Gasteiger partial charge in [0, 0.05) is 13.0 Å². The van der Waals surface area contributed by atoms with Gasteiger partial charge in [0.05, 0.1) is 13.7 Å². The molecule has 0 heterocycles. The van der Waals surface area contributed by atoms with Crippen LogP contribution in [0.3, 0.4) is 0 Å². The van der Waals surface area contributed by atoms with Crippen molar-refractivity contribution in [3.63, 3.8) is 0 Å². The van der Waals surface area contributed by atoms with Gasteiger partial charge in [0.1, 0.15) is 0 Å². The third-order valence-electron chi connectivity index (χ3n) is 3.39. The normalized spacial score (nSPS) is 10.5. The van der Waals surface area contributed by atoms with Gasteiger partial charge in [0.2, 0.25) is 5.91 Å². The van der Waals surface area contributed by atoms with Gasteiger partial charge in [-0.2, -0.15) is 0 Å². The Morgan fingerprint density at radius 1 is 1.14 bits per heavy atom. The quantitative estimate of drug-likeness (QED) is 0.530. The van der Waals surface area contributed by atoms with Crippen LogP contribution >= 0.6 is 0 Å². The maximum atomic E-state index is 11.8. The van der Waals surface area contributed by atoms with E-state index in [0.29, 0.717) is 19.5 Å². The molecular weight excluding hydrogens is 280 g/mol. The summed E-state index contributed by atoms with van der Waals surface area (Å²) >= 11 is 0. The van der Waals surface area contributed by atoms with Crippen LogP contribution in [0.1, 0.15) is 31.2 Å². The number of hydrogen-bond donors (Lipinski definition) is 1. The molecule has 0 aliphatic heterocycles. The third kappa shape index (κ3) is 8.42. The lowest BCUT2D eigenvalue weighted by Gasteiger charge is -2.16. The molecule has 0 spiro atoms. The summed E-state index contributed by atoms with van der Waals surface area (Å²) in [4.78, 5) is 24.8. The minimum atomic E-state index is -0.159. The number of esters is 1. The molecule has 0 aliphatic carbocycles. The molecule has 0 fully saturated rings. The van der Waals surface area contributed by atoms with Crippen LogP contribution in [0.15, 0.2) is 30.3 Å². The Balaban J connectivity index is 2.07. The standard InChI is InChI=1S/C17H26N2O3/c1-19(12-8-4-7-11-17(21)22-2)14-16(20)18-13-15-9-5-3-6-10-15/h3,5-6,9-10H,4,7-8,11-14H2,1-2H3,(H,18,20). The highest BCUT2D eigenvalue weighted by Gasteiger charge is 2.06. The number of hydrogen-bond acceptors (Lipinski definition) is 4. The summed E-state index contributed by atoms with van der Waals surface area (Å²) in [5.41, 5.74) is 1.10. The maximum Gasteiger partial charge on any atom is 0.305 e. The van der Waals surface area contributed by atoms with E-state index in [2.05, 4.69) is 10.1 Å². The number of nitrogens with one attached hydrogen (secondary N) is 1. The summed E-state index contributed by atoms with van der Waals surface area (Å²) in [5, 5.41) is 2.91. The summed E-state index contributed by atoms with van der Waals surface area (Å²) in [7, 11) is 3.34. The lowest BCUT2D eigenvalue weighted by atomic mass is 10.2. The molecule has 1 amide bonds. The number of amides is 1. The van der Waals surface area contributed by atoms with Gasteiger partial charge in [-0.05, 0) is 32.0 Å². The number of ether oxygens (including phenoxy) is 1. The average molecular weight is 306 g/mol. The van der Waals surface area contributed by atoms with E-state index in [4.69, 9.17) is 0 Å². The van der Waals surface area contributed by atoms with Crippen LogP contribution in [0.4, 0.5) is 0 Å². The second kappa shape index (κ2) is 10.8. The van der Waals surface area contributed by atoms with Crippen molar-refractivity contribution in [2.24, 2.45) is 0 Å². The van der Waals surface area contributed by atoms with E-state index in [1.165, 1.54) is 7.11 Å². The predicted octanol–water partition coefficient (Wildman–Crippen LogP) is 1.97.